The lowest BCUT2D eigenvalue weighted by molar-refractivity contribution is 0.289. The SMILES string of the molecule is NCc1c(Cl)cccc1OCc1cc(Cl)cc2c1OCC2. The lowest BCUT2D eigenvalue weighted by Crippen LogP contribution is -2.04. The van der Waals surface area contributed by atoms with Gasteiger partial charge in [0.1, 0.15) is 18.1 Å². The van der Waals surface area contributed by atoms with Crippen molar-refractivity contribution >= 4 is 23.2 Å². The molecule has 0 aromatic heterocycles. The second-order valence-corrected chi connectivity index (χ2v) is 5.70. The maximum Gasteiger partial charge on any atom is 0.129 e. The van der Waals surface area contributed by atoms with Gasteiger partial charge in [-0.1, -0.05) is 29.3 Å². The molecule has 0 bridgehead atoms. The molecule has 21 heavy (non-hydrogen) atoms. The molecule has 1 aliphatic heterocycles. The molecule has 0 unspecified atom stereocenters. The van der Waals surface area contributed by atoms with Crippen LogP contribution in [0.1, 0.15) is 16.7 Å². The molecule has 5 heteroatoms. The van der Waals surface area contributed by atoms with Crippen molar-refractivity contribution < 1.29 is 9.47 Å². The molecule has 3 rings (SSSR count). The molecular formula is C16H15Cl2NO2. The van der Waals surface area contributed by atoms with Gasteiger partial charge in [0.15, 0.2) is 0 Å². The Morgan fingerprint density at radius 3 is 2.90 bits per heavy atom. The van der Waals surface area contributed by atoms with Crippen LogP contribution in [0.3, 0.4) is 0 Å². The summed E-state index contributed by atoms with van der Waals surface area (Å²) in [5.74, 6) is 1.58. The lowest BCUT2D eigenvalue weighted by atomic mass is 10.1. The van der Waals surface area contributed by atoms with Gasteiger partial charge in [0, 0.05) is 34.1 Å². The fourth-order valence-electron chi connectivity index (χ4n) is 2.48. The average Bonchev–Trinajstić information content (AvgIpc) is 2.93. The Hall–Kier alpha value is -1.42. The van der Waals surface area contributed by atoms with Crippen LogP contribution in [0.4, 0.5) is 0 Å². The van der Waals surface area contributed by atoms with Gasteiger partial charge >= 0.3 is 0 Å². The first-order valence-electron chi connectivity index (χ1n) is 6.73. The Kier molecular flexibility index (Phi) is 4.24. The molecule has 0 fully saturated rings. The van der Waals surface area contributed by atoms with Gasteiger partial charge in [-0.25, -0.2) is 0 Å². The van der Waals surface area contributed by atoms with Gasteiger partial charge < -0.3 is 15.2 Å². The summed E-state index contributed by atoms with van der Waals surface area (Å²) in [5, 5.41) is 1.31. The van der Waals surface area contributed by atoms with Gasteiger partial charge in [-0.05, 0) is 29.8 Å². The molecule has 2 aromatic rings. The van der Waals surface area contributed by atoms with Gasteiger partial charge in [0.05, 0.1) is 6.61 Å². The molecule has 0 spiro atoms. The number of benzene rings is 2. The van der Waals surface area contributed by atoms with Crippen LogP contribution in [0.2, 0.25) is 10.0 Å². The molecule has 0 saturated carbocycles. The van der Waals surface area contributed by atoms with Crippen LogP contribution in [-0.4, -0.2) is 6.61 Å². The number of halogens is 2. The van der Waals surface area contributed by atoms with E-state index in [0.717, 1.165) is 28.9 Å². The molecule has 0 radical (unpaired) electrons. The zero-order valence-electron chi connectivity index (χ0n) is 11.4. The molecule has 0 aliphatic carbocycles. The van der Waals surface area contributed by atoms with E-state index in [1.165, 1.54) is 0 Å². The highest BCUT2D eigenvalue weighted by molar-refractivity contribution is 6.31. The summed E-state index contributed by atoms with van der Waals surface area (Å²) in [7, 11) is 0. The number of fused-ring (bicyclic) bond motifs is 1. The predicted octanol–water partition coefficient (Wildman–Crippen LogP) is 3.97. The summed E-state index contributed by atoms with van der Waals surface area (Å²) < 4.78 is 11.5. The Morgan fingerprint density at radius 1 is 1.24 bits per heavy atom. The third kappa shape index (κ3) is 2.95. The summed E-state index contributed by atoms with van der Waals surface area (Å²) in [4.78, 5) is 0. The predicted molar refractivity (Wildman–Crippen MR) is 84.3 cm³/mol. The molecule has 110 valence electrons. The topological polar surface area (TPSA) is 44.5 Å². The van der Waals surface area contributed by atoms with Crippen LogP contribution in [0.5, 0.6) is 11.5 Å². The van der Waals surface area contributed by atoms with Crippen LogP contribution >= 0.6 is 23.2 Å². The summed E-state index contributed by atoms with van der Waals surface area (Å²) in [6.45, 7) is 1.39. The van der Waals surface area contributed by atoms with Crippen molar-refractivity contribution in [2.24, 2.45) is 5.73 Å². The fraction of sp³-hybridized carbons (Fsp3) is 0.250. The van der Waals surface area contributed by atoms with E-state index in [2.05, 4.69) is 0 Å². The normalized spacial score (nSPS) is 12.9. The number of hydrogen-bond donors (Lipinski definition) is 1. The highest BCUT2D eigenvalue weighted by Gasteiger charge is 2.18. The number of ether oxygens (including phenoxy) is 2. The second kappa shape index (κ2) is 6.14. The molecule has 3 nitrogen and oxygen atoms in total. The summed E-state index contributed by atoms with van der Waals surface area (Å²) in [6.07, 6.45) is 0.883. The first-order valence-corrected chi connectivity index (χ1v) is 7.49. The molecule has 0 atom stereocenters. The maximum atomic E-state index is 6.14. The van der Waals surface area contributed by atoms with E-state index in [1.807, 2.05) is 24.3 Å². The number of nitrogens with two attached hydrogens (primary N) is 1. The zero-order chi connectivity index (χ0) is 14.8. The molecular weight excluding hydrogens is 309 g/mol. The van der Waals surface area contributed by atoms with Crippen LogP contribution in [0, 0.1) is 0 Å². The van der Waals surface area contributed by atoms with E-state index in [-0.39, 0.29) is 0 Å². The second-order valence-electron chi connectivity index (χ2n) is 4.86. The largest absolute Gasteiger partial charge is 0.493 e. The first-order chi connectivity index (χ1) is 10.2. The van der Waals surface area contributed by atoms with E-state index in [4.69, 9.17) is 38.4 Å². The highest BCUT2D eigenvalue weighted by Crippen LogP contribution is 2.34. The van der Waals surface area contributed by atoms with Crippen LogP contribution in [0.15, 0.2) is 30.3 Å². The third-order valence-corrected chi connectivity index (χ3v) is 4.06. The van der Waals surface area contributed by atoms with E-state index in [9.17, 15) is 0 Å². The molecule has 1 heterocycles. The summed E-state index contributed by atoms with van der Waals surface area (Å²) in [5.41, 5.74) is 8.60. The first kappa shape index (κ1) is 14.5. The Labute approximate surface area is 133 Å². The van der Waals surface area contributed by atoms with E-state index < -0.39 is 0 Å². The minimum absolute atomic E-state index is 0.332. The molecule has 0 saturated heterocycles. The van der Waals surface area contributed by atoms with Crippen molar-refractivity contribution in [3.05, 3.63) is 57.1 Å². The van der Waals surface area contributed by atoms with Crippen LogP contribution in [-0.2, 0) is 19.6 Å². The van der Waals surface area contributed by atoms with Crippen molar-refractivity contribution in [3.63, 3.8) is 0 Å². The molecule has 0 amide bonds. The van der Waals surface area contributed by atoms with Gasteiger partial charge in [-0.2, -0.15) is 0 Å². The fourth-order valence-corrected chi connectivity index (χ4v) is 2.99. The minimum Gasteiger partial charge on any atom is -0.493 e. The molecule has 1 aliphatic rings. The molecule has 2 aromatic carbocycles. The number of hydrogen-bond acceptors (Lipinski definition) is 3. The van der Waals surface area contributed by atoms with Crippen molar-refractivity contribution in [1.29, 1.82) is 0 Å². The Morgan fingerprint density at radius 2 is 2.10 bits per heavy atom. The van der Waals surface area contributed by atoms with Gasteiger partial charge in [0.25, 0.3) is 0 Å². The van der Waals surface area contributed by atoms with Crippen molar-refractivity contribution in [1.82, 2.24) is 0 Å². The lowest BCUT2D eigenvalue weighted by Gasteiger charge is -2.14. The van der Waals surface area contributed by atoms with Crippen molar-refractivity contribution in [2.75, 3.05) is 6.61 Å². The van der Waals surface area contributed by atoms with Gasteiger partial charge in [-0.3, -0.25) is 0 Å². The standard InChI is InChI=1S/C16H15Cl2NO2/c17-12-6-10-4-5-20-16(10)11(7-12)9-21-15-3-1-2-14(18)13(15)8-19/h1-3,6-7H,4-5,8-9,19H2. The maximum absolute atomic E-state index is 6.14. The highest BCUT2D eigenvalue weighted by atomic mass is 35.5. The minimum atomic E-state index is 0.332. The molecule has 2 N–H and O–H groups in total. The number of rotatable bonds is 4. The Balaban J connectivity index is 1.85. The van der Waals surface area contributed by atoms with Crippen molar-refractivity contribution in [2.45, 2.75) is 19.6 Å². The Bertz CT molecular complexity index is 674. The quantitative estimate of drug-likeness (QED) is 0.926. The summed E-state index contributed by atoms with van der Waals surface area (Å²) in [6, 6.07) is 9.32. The van der Waals surface area contributed by atoms with E-state index in [1.54, 1.807) is 6.07 Å². The third-order valence-electron chi connectivity index (χ3n) is 3.49. The van der Waals surface area contributed by atoms with Gasteiger partial charge in [0.2, 0.25) is 0 Å². The van der Waals surface area contributed by atoms with E-state index in [0.29, 0.717) is 35.6 Å². The monoisotopic (exact) mass is 323 g/mol. The average molecular weight is 324 g/mol. The van der Waals surface area contributed by atoms with Crippen LogP contribution < -0.4 is 15.2 Å². The zero-order valence-corrected chi connectivity index (χ0v) is 12.9. The van der Waals surface area contributed by atoms with E-state index >= 15 is 0 Å². The van der Waals surface area contributed by atoms with Crippen molar-refractivity contribution in [3.8, 4) is 11.5 Å². The smallest absolute Gasteiger partial charge is 0.129 e. The van der Waals surface area contributed by atoms with Gasteiger partial charge in [-0.15, -0.1) is 0 Å². The summed E-state index contributed by atoms with van der Waals surface area (Å²) >= 11 is 12.3. The van der Waals surface area contributed by atoms with Crippen LogP contribution in [0.25, 0.3) is 0 Å².